The van der Waals surface area contributed by atoms with E-state index in [0.29, 0.717) is 17.2 Å². The quantitative estimate of drug-likeness (QED) is 0.624. The molecule has 1 aromatic heterocycles. The van der Waals surface area contributed by atoms with Crippen molar-refractivity contribution in [3.63, 3.8) is 0 Å². The summed E-state index contributed by atoms with van der Waals surface area (Å²) < 4.78 is 0. The first kappa shape index (κ1) is 21.1. The van der Waals surface area contributed by atoms with Gasteiger partial charge in [0.1, 0.15) is 6.07 Å². The van der Waals surface area contributed by atoms with E-state index < -0.39 is 0 Å². The number of aromatic nitrogens is 2. The number of amides is 2. The highest BCUT2D eigenvalue weighted by atomic mass is 16.2. The first-order valence-electron chi connectivity index (χ1n) is 10.5. The Hall–Kier alpha value is -4.12. The van der Waals surface area contributed by atoms with Crippen LogP contribution in [-0.2, 0) is 0 Å². The molecule has 4 rings (SSSR count). The fourth-order valence-corrected chi connectivity index (χ4v) is 3.64. The van der Waals surface area contributed by atoms with Crippen LogP contribution in [0.15, 0.2) is 54.7 Å². The number of nitrogens with zero attached hydrogens (tertiary/aromatic N) is 5. The number of hydrogen-bond acceptors (Lipinski definition) is 6. The smallest absolute Gasteiger partial charge is 0.321 e. The second-order valence-corrected chi connectivity index (χ2v) is 7.83. The zero-order valence-corrected chi connectivity index (χ0v) is 18.2. The van der Waals surface area contributed by atoms with Gasteiger partial charge in [-0.25, -0.2) is 14.8 Å². The van der Waals surface area contributed by atoms with Crippen molar-refractivity contribution in [2.24, 2.45) is 0 Å². The zero-order valence-electron chi connectivity index (χ0n) is 18.2. The van der Waals surface area contributed by atoms with Gasteiger partial charge in [-0.2, -0.15) is 5.26 Å². The van der Waals surface area contributed by atoms with E-state index in [2.05, 4.69) is 31.6 Å². The second-order valence-electron chi connectivity index (χ2n) is 7.83. The molecule has 1 fully saturated rings. The minimum Gasteiger partial charge on any atom is -0.370 e. The van der Waals surface area contributed by atoms with Crippen molar-refractivity contribution in [3.8, 4) is 17.3 Å². The monoisotopic (exact) mass is 427 g/mol. The van der Waals surface area contributed by atoms with Crippen LogP contribution in [0.25, 0.3) is 11.3 Å². The first-order chi connectivity index (χ1) is 15.5. The minimum atomic E-state index is -0.203. The van der Waals surface area contributed by atoms with Crippen LogP contribution < -0.4 is 15.5 Å². The third-order valence-corrected chi connectivity index (χ3v) is 5.29. The minimum absolute atomic E-state index is 0.203. The summed E-state index contributed by atoms with van der Waals surface area (Å²) in [5.41, 5.74) is 4.65. The van der Waals surface area contributed by atoms with Crippen LogP contribution >= 0.6 is 0 Å². The lowest BCUT2D eigenvalue weighted by atomic mass is 10.1. The molecule has 2 amide bonds. The topological polar surface area (TPSA) is 97.2 Å². The third kappa shape index (κ3) is 4.78. The zero-order chi connectivity index (χ0) is 22.5. The molecule has 2 aromatic carbocycles. The molecular formula is C24H25N7O. The van der Waals surface area contributed by atoms with Crippen molar-refractivity contribution in [1.82, 2.24) is 14.9 Å². The molecule has 3 aromatic rings. The van der Waals surface area contributed by atoms with Crippen molar-refractivity contribution in [3.05, 3.63) is 60.3 Å². The highest BCUT2D eigenvalue weighted by Gasteiger charge is 2.16. The van der Waals surface area contributed by atoms with Gasteiger partial charge in [0.25, 0.3) is 0 Å². The molecule has 8 nitrogen and oxygen atoms in total. The molecule has 0 spiro atoms. The molecule has 1 aliphatic heterocycles. The number of anilines is 4. The van der Waals surface area contributed by atoms with E-state index in [4.69, 9.17) is 0 Å². The van der Waals surface area contributed by atoms with Gasteiger partial charge in [0.2, 0.25) is 5.95 Å². The summed E-state index contributed by atoms with van der Waals surface area (Å²) in [5, 5.41) is 15.7. The lowest BCUT2D eigenvalue weighted by Crippen LogP contribution is -2.27. The van der Waals surface area contributed by atoms with Crippen molar-refractivity contribution >= 4 is 29.0 Å². The molecule has 0 bridgehead atoms. The number of hydrogen-bond donors (Lipinski definition) is 2. The number of nitrogens with one attached hydrogen (secondary N) is 2. The van der Waals surface area contributed by atoms with Gasteiger partial charge < -0.3 is 20.4 Å². The number of carbonyl (C=O) groups is 1. The standard InChI is InChI=1S/C24H25N7O/c1-30(2)24(32)28-20-7-5-6-19(15-20)27-23-26-11-10-21(29-23)17-8-9-22(18(14-17)16-25)31-12-3-4-13-31/h5-11,14-15H,3-4,12-13H2,1-2H3,(H,28,32)(H,26,27,29). The molecule has 162 valence electrons. The van der Waals surface area contributed by atoms with E-state index in [1.165, 1.54) is 4.90 Å². The lowest BCUT2D eigenvalue weighted by Gasteiger charge is -2.19. The summed E-state index contributed by atoms with van der Waals surface area (Å²) in [6, 6.07) is 17.2. The Labute approximate surface area is 187 Å². The van der Waals surface area contributed by atoms with Gasteiger partial charge in [-0.1, -0.05) is 12.1 Å². The van der Waals surface area contributed by atoms with Crippen LogP contribution in [0.2, 0.25) is 0 Å². The van der Waals surface area contributed by atoms with Gasteiger partial charge in [0.05, 0.1) is 16.9 Å². The molecule has 2 N–H and O–H groups in total. The van der Waals surface area contributed by atoms with Gasteiger partial charge in [0, 0.05) is 50.3 Å². The van der Waals surface area contributed by atoms with Crippen LogP contribution in [0.5, 0.6) is 0 Å². The molecule has 0 atom stereocenters. The van der Waals surface area contributed by atoms with Crippen molar-refractivity contribution in [2.75, 3.05) is 42.7 Å². The van der Waals surface area contributed by atoms with Crippen LogP contribution in [0.3, 0.4) is 0 Å². The van der Waals surface area contributed by atoms with Gasteiger partial charge in [-0.15, -0.1) is 0 Å². The number of benzene rings is 2. The fourth-order valence-electron chi connectivity index (χ4n) is 3.64. The average molecular weight is 428 g/mol. The van der Waals surface area contributed by atoms with Gasteiger partial charge in [-0.05, 0) is 49.2 Å². The Morgan fingerprint density at radius 1 is 1.09 bits per heavy atom. The summed E-state index contributed by atoms with van der Waals surface area (Å²) in [7, 11) is 3.37. The van der Waals surface area contributed by atoms with Gasteiger partial charge in [0.15, 0.2) is 0 Å². The predicted octanol–water partition coefficient (Wildman–Crippen LogP) is 4.45. The maximum absolute atomic E-state index is 11.9. The fraction of sp³-hybridized carbons (Fsp3) is 0.250. The predicted molar refractivity (Wildman–Crippen MR) is 126 cm³/mol. The Morgan fingerprint density at radius 3 is 2.62 bits per heavy atom. The van der Waals surface area contributed by atoms with Crippen LogP contribution in [0, 0.1) is 11.3 Å². The Morgan fingerprint density at radius 2 is 1.88 bits per heavy atom. The average Bonchev–Trinajstić information content (AvgIpc) is 3.34. The first-order valence-corrected chi connectivity index (χ1v) is 10.5. The second kappa shape index (κ2) is 9.35. The summed E-state index contributed by atoms with van der Waals surface area (Å²) in [6.07, 6.45) is 4.00. The summed E-state index contributed by atoms with van der Waals surface area (Å²) in [6.45, 7) is 1.98. The van der Waals surface area contributed by atoms with Crippen LogP contribution in [0.1, 0.15) is 18.4 Å². The van der Waals surface area contributed by atoms with Gasteiger partial charge in [-0.3, -0.25) is 0 Å². The maximum atomic E-state index is 11.9. The molecule has 1 aliphatic rings. The third-order valence-electron chi connectivity index (χ3n) is 5.29. The molecule has 0 unspecified atom stereocenters. The molecule has 1 saturated heterocycles. The Kier molecular flexibility index (Phi) is 6.17. The Bertz CT molecular complexity index is 1160. The van der Waals surface area contributed by atoms with Crippen LogP contribution in [-0.4, -0.2) is 48.1 Å². The van der Waals surface area contributed by atoms with E-state index in [1.54, 1.807) is 20.3 Å². The Balaban J connectivity index is 1.54. The summed E-state index contributed by atoms with van der Waals surface area (Å²) >= 11 is 0. The van der Waals surface area contributed by atoms with E-state index in [0.717, 1.165) is 48.6 Å². The highest BCUT2D eigenvalue weighted by Crippen LogP contribution is 2.29. The number of nitriles is 1. The molecular weight excluding hydrogens is 402 g/mol. The highest BCUT2D eigenvalue weighted by molar-refractivity contribution is 5.89. The van der Waals surface area contributed by atoms with E-state index in [-0.39, 0.29) is 6.03 Å². The normalized spacial score (nSPS) is 12.8. The van der Waals surface area contributed by atoms with Crippen molar-refractivity contribution in [2.45, 2.75) is 12.8 Å². The maximum Gasteiger partial charge on any atom is 0.321 e. The molecule has 32 heavy (non-hydrogen) atoms. The molecule has 0 radical (unpaired) electrons. The number of urea groups is 1. The SMILES string of the molecule is CN(C)C(=O)Nc1cccc(Nc2nccc(-c3ccc(N4CCCC4)c(C#N)c3)n2)c1. The van der Waals surface area contributed by atoms with E-state index in [9.17, 15) is 10.1 Å². The van der Waals surface area contributed by atoms with E-state index in [1.807, 2.05) is 48.5 Å². The summed E-state index contributed by atoms with van der Waals surface area (Å²) in [4.78, 5) is 24.5. The number of rotatable bonds is 5. The molecule has 0 saturated carbocycles. The largest absolute Gasteiger partial charge is 0.370 e. The molecule has 8 heteroatoms. The van der Waals surface area contributed by atoms with Crippen molar-refractivity contribution in [1.29, 1.82) is 5.26 Å². The summed E-state index contributed by atoms with van der Waals surface area (Å²) in [5.74, 6) is 0.431. The molecule has 0 aliphatic carbocycles. The lowest BCUT2D eigenvalue weighted by molar-refractivity contribution is 0.230. The molecule has 2 heterocycles. The van der Waals surface area contributed by atoms with Crippen molar-refractivity contribution < 1.29 is 4.79 Å². The van der Waals surface area contributed by atoms with E-state index >= 15 is 0 Å². The van der Waals surface area contributed by atoms with Gasteiger partial charge >= 0.3 is 6.03 Å². The number of carbonyl (C=O) groups excluding carboxylic acids is 1. The van der Waals surface area contributed by atoms with Crippen LogP contribution in [0.4, 0.5) is 27.8 Å².